The second kappa shape index (κ2) is 9.11. The maximum atomic E-state index is 7.69. The Bertz CT molecular complexity index is 243. The van der Waals surface area contributed by atoms with Crippen LogP contribution < -0.4 is 12.4 Å². The summed E-state index contributed by atoms with van der Waals surface area (Å²) < 4.78 is 0. The lowest BCUT2D eigenvalue weighted by Crippen LogP contribution is -3.00. The summed E-state index contributed by atoms with van der Waals surface area (Å²) in [4.78, 5) is 0. The third-order valence-electron chi connectivity index (χ3n) is 0.912. The first kappa shape index (κ1) is 14.5. The molecule has 0 saturated heterocycles. The number of halogens is 2. The van der Waals surface area contributed by atoms with Crippen molar-refractivity contribution in [2.45, 2.75) is 0 Å². The third kappa shape index (κ3) is 11.0. The molecule has 0 radical (unpaired) electrons. The molecule has 0 atom stereocenters. The molecule has 13 heavy (non-hydrogen) atoms. The lowest BCUT2D eigenvalue weighted by atomic mass is 10.4. The summed E-state index contributed by atoms with van der Waals surface area (Å²) in [5.41, 5.74) is 0. The van der Waals surface area contributed by atoms with Crippen molar-refractivity contribution in [3.63, 3.8) is 0 Å². The van der Waals surface area contributed by atoms with E-state index in [4.69, 9.17) is 17.0 Å². The van der Waals surface area contributed by atoms with Gasteiger partial charge in [-0.05, 0) is 17.1 Å². The fraction of sp³-hybridized carbons (Fsp3) is 0.250. The molecule has 0 heterocycles. The second-order valence-electron chi connectivity index (χ2n) is 2.23. The van der Waals surface area contributed by atoms with E-state index in [-0.39, 0.29) is 12.4 Å². The molecule has 0 aliphatic carbocycles. The van der Waals surface area contributed by atoms with Crippen molar-refractivity contribution in [1.82, 2.24) is 5.01 Å². The lowest BCUT2D eigenvalue weighted by molar-refractivity contribution is -0.00000276. The van der Waals surface area contributed by atoms with E-state index in [1.54, 1.807) is 14.1 Å². The number of benzene rings is 1. The minimum absolute atomic E-state index is 0. The lowest BCUT2D eigenvalue weighted by Gasteiger charge is -1.80. The van der Waals surface area contributed by atoms with E-state index in [1.807, 2.05) is 30.3 Å². The molecule has 5 heteroatoms. The zero-order chi connectivity index (χ0) is 9.40. The molecule has 1 aromatic carbocycles. The number of diazo groups is 1. The highest BCUT2D eigenvalue weighted by atomic mass is 35.5. The quantitative estimate of drug-likeness (QED) is 0.442. The molecule has 0 aliphatic rings. The highest BCUT2D eigenvalue weighted by Crippen LogP contribution is 2.03. The van der Waals surface area contributed by atoms with Crippen LogP contribution in [0.2, 0.25) is 5.02 Å². The molecule has 0 spiro atoms. The Hall–Kier alpha value is -0.980. The van der Waals surface area contributed by atoms with Gasteiger partial charge in [0.25, 0.3) is 5.39 Å². The second-order valence-corrected chi connectivity index (χ2v) is 2.67. The molecule has 3 nitrogen and oxygen atoms in total. The standard InChI is InChI=1S/C6H5Cl.C2H6N3.ClH/c7-6-4-2-1-3-5-6;1-5(2)4-3;/h1-5H;1-2H3;1H/q;+1;/p-1. The Kier molecular flexibility index (Phi) is 10.2. The summed E-state index contributed by atoms with van der Waals surface area (Å²) in [5.74, 6) is 0. The highest BCUT2D eigenvalue weighted by molar-refractivity contribution is 6.30. The average molecular weight is 220 g/mol. The van der Waals surface area contributed by atoms with Gasteiger partial charge in [-0.3, -0.25) is 0 Å². The predicted molar refractivity (Wildman–Crippen MR) is 50.2 cm³/mol. The molecule has 0 aliphatic heterocycles. The maximum absolute atomic E-state index is 7.69. The van der Waals surface area contributed by atoms with Crippen molar-refractivity contribution >= 4 is 11.6 Å². The van der Waals surface area contributed by atoms with Gasteiger partial charge in [0, 0.05) is 5.02 Å². The van der Waals surface area contributed by atoms with Gasteiger partial charge < -0.3 is 12.4 Å². The van der Waals surface area contributed by atoms with Gasteiger partial charge in [0.05, 0.1) is 14.1 Å². The van der Waals surface area contributed by atoms with Crippen molar-refractivity contribution in [2.24, 2.45) is 0 Å². The van der Waals surface area contributed by atoms with E-state index in [9.17, 15) is 0 Å². The van der Waals surface area contributed by atoms with Gasteiger partial charge in [-0.25, -0.2) is 0 Å². The maximum Gasteiger partial charge on any atom is 0.304 e. The summed E-state index contributed by atoms with van der Waals surface area (Å²) >= 11 is 5.54. The molecule has 0 bridgehead atoms. The molecular weight excluding hydrogens is 209 g/mol. The van der Waals surface area contributed by atoms with Crippen molar-refractivity contribution in [3.8, 4) is 0 Å². The van der Waals surface area contributed by atoms with Gasteiger partial charge in [0.15, 0.2) is 0 Å². The minimum Gasteiger partial charge on any atom is -1.00 e. The van der Waals surface area contributed by atoms with E-state index in [0.29, 0.717) is 0 Å². The van der Waals surface area contributed by atoms with E-state index in [0.717, 1.165) is 5.02 Å². The van der Waals surface area contributed by atoms with Crippen LogP contribution in [0.5, 0.6) is 0 Å². The molecular formula is C8H11Cl2N3. The molecule has 0 saturated carbocycles. The van der Waals surface area contributed by atoms with Crippen molar-refractivity contribution < 1.29 is 12.4 Å². The zero-order valence-electron chi connectivity index (χ0n) is 7.48. The smallest absolute Gasteiger partial charge is 0.304 e. The van der Waals surface area contributed by atoms with Crippen LogP contribution >= 0.6 is 11.6 Å². The molecule has 0 unspecified atom stereocenters. The Morgan fingerprint density at radius 1 is 1.23 bits per heavy atom. The predicted octanol–water partition coefficient (Wildman–Crippen LogP) is -0.340. The van der Waals surface area contributed by atoms with Crippen LogP contribution in [-0.2, 0) is 0 Å². The Labute approximate surface area is 89.3 Å². The highest BCUT2D eigenvalue weighted by Gasteiger charge is 1.85. The van der Waals surface area contributed by atoms with Crippen molar-refractivity contribution in [3.05, 3.63) is 40.4 Å². The molecule has 0 amide bonds. The Balaban J connectivity index is 0. The normalized spacial score (nSPS) is 6.92. The van der Waals surface area contributed by atoms with Gasteiger partial charge in [-0.1, -0.05) is 29.8 Å². The first-order chi connectivity index (χ1) is 5.66. The van der Waals surface area contributed by atoms with E-state index in [1.165, 1.54) is 5.01 Å². The summed E-state index contributed by atoms with van der Waals surface area (Å²) in [7, 11) is 3.28. The monoisotopic (exact) mass is 219 g/mol. The fourth-order valence-corrected chi connectivity index (χ4v) is 0.560. The SMILES string of the molecule is CN(C)[N+]#N.Clc1ccccc1.[Cl-]. The summed E-state index contributed by atoms with van der Waals surface area (Å²) in [6, 6.07) is 9.44. The number of nitrogens with zero attached hydrogens (tertiary/aromatic N) is 3. The third-order valence-corrected chi connectivity index (χ3v) is 1.16. The Morgan fingerprint density at radius 3 is 1.77 bits per heavy atom. The summed E-state index contributed by atoms with van der Waals surface area (Å²) in [6.45, 7) is 0. The summed E-state index contributed by atoms with van der Waals surface area (Å²) in [6.07, 6.45) is 0. The van der Waals surface area contributed by atoms with Gasteiger partial charge in [-0.15, -0.1) is 0 Å². The number of rotatable bonds is 0. The van der Waals surface area contributed by atoms with Crippen LogP contribution in [0, 0.1) is 5.39 Å². The first-order valence-corrected chi connectivity index (χ1v) is 3.77. The molecule has 0 N–H and O–H groups in total. The van der Waals surface area contributed by atoms with Crippen LogP contribution in [0.25, 0.3) is 5.08 Å². The molecule has 1 rings (SSSR count). The van der Waals surface area contributed by atoms with Crippen LogP contribution in [-0.4, -0.2) is 19.1 Å². The average Bonchev–Trinajstić information content (AvgIpc) is 2.07. The Morgan fingerprint density at radius 2 is 1.62 bits per heavy atom. The fourth-order valence-electron chi connectivity index (χ4n) is 0.415. The summed E-state index contributed by atoms with van der Waals surface area (Å²) in [5, 5.41) is 12.5. The van der Waals surface area contributed by atoms with Gasteiger partial charge in [0.1, 0.15) is 0 Å². The van der Waals surface area contributed by atoms with E-state index >= 15 is 0 Å². The van der Waals surface area contributed by atoms with Gasteiger partial charge in [-0.2, -0.15) is 0 Å². The van der Waals surface area contributed by atoms with Gasteiger partial charge >= 0.3 is 5.08 Å². The number of hydrogen-bond acceptors (Lipinski definition) is 2. The number of hydrogen-bond donors (Lipinski definition) is 0. The van der Waals surface area contributed by atoms with Crippen LogP contribution in [0.15, 0.2) is 30.3 Å². The topological polar surface area (TPSA) is 31.4 Å². The largest absolute Gasteiger partial charge is 1.00 e. The van der Waals surface area contributed by atoms with E-state index in [2.05, 4.69) is 5.08 Å². The van der Waals surface area contributed by atoms with Gasteiger partial charge in [0.2, 0.25) is 0 Å². The van der Waals surface area contributed by atoms with Crippen LogP contribution in [0.1, 0.15) is 0 Å². The molecule has 0 aromatic heterocycles. The van der Waals surface area contributed by atoms with E-state index < -0.39 is 0 Å². The van der Waals surface area contributed by atoms with Crippen molar-refractivity contribution in [1.29, 1.82) is 5.39 Å². The van der Waals surface area contributed by atoms with Crippen LogP contribution in [0.4, 0.5) is 0 Å². The molecule has 72 valence electrons. The first-order valence-electron chi connectivity index (χ1n) is 3.39. The minimum atomic E-state index is 0. The van der Waals surface area contributed by atoms with Crippen molar-refractivity contribution in [2.75, 3.05) is 14.1 Å². The zero-order valence-corrected chi connectivity index (χ0v) is 9.00. The van der Waals surface area contributed by atoms with Crippen LogP contribution in [0.3, 0.4) is 0 Å². The molecule has 1 aromatic rings. The molecule has 0 fully saturated rings.